The molecule has 0 N–H and O–H groups in total. The molecule has 3 atom stereocenters. The molecule has 0 spiro atoms. The molecule has 0 aromatic rings. The van der Waals surface area contributed by atoms with Gasteiger partial charge in [-0.15, -0.1) is 0 Å². The van der Waals surface area contributed by atoms with Crippen molar-refractivity contribution in [3.8, 4) is 0 Å². The third-order valence-corrected chi connectivity index (χ3v) is 20.4. The van der Waals surface area contributed by atoms with Gasteiger partial charge in [0.1, 0.15) is 0 Å². The van der Waals surface area contributed by atoms with Gasteiger partial charge in [0.25, 0.3) is 0 Å². The number of carbonyl (C=O) groups excluding carboxylic acids is 2. The second kappa shape index (κ2) is 6.44. The zero-order valence-electron chi connectivity index (χ0n) is 18.0. The molecule has 6 nitrogen and oxygen atoms in total. The van der Waals surface area contributed by atoms with E-state index in [-0.39, 0.29) is 24.3 Å². The summed E-state index contributed by atoms with van der Waals surface area (Å²) in [6.07, 6.45) is 0.267. The maximum atomic E-state index is 11.8. The van der Waals surface area contributed by atoms with Gasteiger partial charge >= 0.3 is 29.1 Å². The lowest BCUT2D eigenvalue weighted by molar-refractivity contribution is -0.153. The minimum absolute atomic E-state index is 0.202. The van der Waals surface area contributed by atoms with Gasteiger partial charge in [-0.3, -0.25) is 9.59 Å². The normalized spacial score (nSPS) is 33.7. The lowest BCUT2D eigenvalue weighted by Crippen LogP contribution is -2.56. The van der Waals surface area contributed by atoms with E-state index >= 15 is 0 Å². The molecule has 2 aliphatic carbocycles. The number of ether oxygens (including phenoxy) is 1. The predicted molar refractivity (Wildman–Crippen MR) is 112 cm³/mol. The van der Waals surface area contributed by atoms with Gasteiger partial charge < -0.3 is 17.1 Å². The van der Waals surface area contributed by atoms with Crippen molar-refractivity contribution in [1.29, 1.82) is 0 Å². The van der Waals surface area contributed by atoms with Gasteiger partial charge in [-0.2, -0.15) is 0 Å². The van der Waals surface area contributed by atoms with Crippen molar-refractivity contribution in [2.45, 2.75) is 70.9 Å². The van der Waals surface area contributed by atoms with Gasteiger partial charge in [0.2, 0.25) is 0 Å². The van der Waals surface area contributed by atoms with Crippen molar-refractivity contribution in [1.82, 2.24) is 0 Å². The lowest BCUT2D eigenvalue weighted by Gasteiger charge is -2.41. The summed E-state index contributed by atoms with van der Waals surface area (Å²) in [5, 5.41) is 0. The van der Waals surface area contributed by atoms with E-state index in [9.17, 15) is 9.59 Å². The Hall–Kier alpha value is -0.112. The van der Waals surface area contributed by atoms with E-state index in [0.29, 0.717) is 23.3 Å². The Morgan fingerprint density at radius 3 is 1.74 bits per heavy atom. The third kappa shape index (κ3) is 4.73. The van der Waals surface area contributed by atoms with Crippen LogP contribution in [0, 0.1) is 23.7 Å². The number of cyclic esters (lactones) is 2. The molecule has 1 heterocycles. The van der Waals surface area contributed by atoms with E-state index in [2.05, 4.69) is 58.9 Å². The van der Waals surface area contributed by atoms with Gasteiger partial charge in [-0.25, -0.2) is 0 Å². The minimum atomic E-state index is -2.31. The molecule has 0 aromatic heterocycles. The molecule has 0 bridgehead atoms. The summed E-state index contributed by atoms with van der Waals surface area (Å²) in [5.74, 6) is 0.553. The Morgan fingerprint density at radius 2 is 1.30 bits per heavy atom. The summed E-state index contributed by atoms with van der Waals surface area (Å²) in [6.45, 7) is 19.6. The monoisotopic (exact) mass is 446 g/mol. The first kappa shape index (κ1) is 21.6. The van der Waals surface area contributed by atoms with E-state index in [1.807, 2.05) is 0 Å². The predicted octanol–water partition coefficient (Wildman–Crippen LogP) is 3.82. The average Bonchev–Trinajstić information content (AvgIpc) is 3.18. The number of carbonyl (C=O) groups is 2. The van der Waals surface area contributed by atoms with Crippen LogP contribution in [0.1, 0.15) is 6.42 Å². The summed E-state index contributed by atoms with van der Waals surface area (Å²) in [5.41, 5.74) is 0.573. The summed E-state index contributed by atoms with van der Waals surface area (Å²) >= 11 is 0. The quantitative estimate of drug-likeness (QED) is 0.321. The van der Waals surface area contributed by atoms with Crippen LogP contribution >= 0.6 is 0 Å². The molecule has 3 fully saturated rings. The Labute approximate surface area is 167 Å². The van der Waals surface area contributed by atoms with Crippen LogP contribution in [0.4, 0.5) is 0 Å². The molecular formula is C17H34O6Si4. The minimum Gasteiger partial charge on any atom is -0.437 e. The van der Waals surface area contributed by atoms with Crippen LogP contribution in [0.3, 0.4) is 0 Å². The molecule has 0 amide bonds. The number of esters is 2. The van der Waals surface area contributed by atoms with Gasteiger partial charge in [-0.05, 0) is 82.2 Å². The molecule has 0 radical (unpaired) electrons. The highest BCUT2D eigenvalue weighted by molar-refractivity contribution is 6.89. The van der Waals surface area contributed by atoms with Crippen molar-refractivity contribution < 1.29 is 26.7 Å². The zero-order chi connectivity index (χ0) is 20.6. The third-order valence-electron chi connectivity index (χ3n) is 5.60. The van der Waals surface area contributed by atoms with Crippen LogP contribution in [0.25, 0.3) is 0 Å². The first-order valence-corrected chi connectivity index (χ1v) is 21.9. The summed E-state index contributed by atoms with van der Waals surface area (Å²) in [7, 11) is -8.12. The molecule has 3 aliphatic rings. The molecule has 27 heavy (non-hydrogen) atoms. The van der Waals surface area contributed by atoms with E-state index < -0.39 is 33.8 Å². The van der Waals surface area contributed by atoms with Crippen molar-refractivity contribution in [3.63, 3.8) is 0 Å². The highest BCUT2D eigenvalue weighted by Crippen LogP contribution is 2.82. The van der Waals surface area contributed by atoms with Gasteiger partial charge in [0, 0.05) is 0 Å². The molecule has 154 valence electrons. The topological polar surface area (TPSA) is 71.1 Å². The Morgan fingerprint density at radius 1 is 0.778 bits per heavy atom. The van der Waals surface area contributed by atoms with Gasteiger partial charge in [0.15, 0.2) is 16.6 Å². The molecule has 3 rings (SSSR count). The first-order chi connectivity index (χ1) is 12.0. The maximum Gasteiger partial charge on any atom is 0.317 e. The van der Waals surface area contributed by atoms with Crippen LogP contribution in [-0.2, 0) is 26.7 Å². The van der Waals surface area contributed by atoms with E-state index in [1.54, 1.807) is 0 Å². The molecule has 10 heteroatoms. The van der Waals surface area contributed by atoms with Crippen molar-refractivity contribution in [2.75, 3.05) is 0 Å². The van der Waals surface area contributed by atoms with Gasteiger partial charge in [0.05, 0.1) is 12.3 Å². The van der Waals surface area contributed by atoms with Crippen LogP contribution in [-0.4, -0.2) is 45.7 Å². The summed E-state index contributed by atoms with van der Waals surface area (Å²) < 4.78 is 24.3. The molecular weight excluding hydrogens is 413 g/mol. The van der Waals surface area contributed by atoms with Crippen molar-refractivity contribution in [3.05, 3.63) is 0 Å². The fourth-order valence-electron chi connectivity index (χ4n) is 5.40. The van der Waals surface area contributed by atoms with Crippen LogP contribution in [0.5, 0.6) is 0 Å². The van der Waals surface area contributed by atoms with Crippen LogP contribution in [0.15, 0.2) is 0 Å². The molecule has 0 aromatic carbocycles. The highest BCUT2D eigenvalue weighted by Gasteiger charge is 2.80. The fraction of sp³-hybridized carbons (Fsp3) is 0.882. The first-order valence-electron chi connectivity index (χ1n) is 9.88. The summed E-state index contributed by atoms with van der Waals surface area (Å²) in [6, 6.07) is 0. The number of hydrogen-bond donors (Lipinski definition) is 0. The zero-order valence-corrected chi connectivity index (χ0v) is 22.0. The second-order valence-electron chi connectivity index (χ2n) is 10.7. The van der Waals surface area contributed by atoms with Crippen LogP contribution < -0.4 is 0 Å². The van der Waals surface area contributed by atoms with E-state index in [4.69, 9.17) is 17.1 Å². The molecule has 1 saturated heterocycles. The second-order valence-corrected chi connectivity index (χ2v) is 26.8. The number of hydrogen-bond acceptors (Lipinski definition) is 6. The standard InChI is InChI=1S/C17H34O6Si4/c1-24(2,3)21-26(6,7)23-27(8,9)22-25(4,5)16-14-13(15(14)16)11-10-12(18)20-17(11)19/h11,13-16H,10H2,1-9H3. The highest BCUT2D eigenvalue weighted by atomic mass is 28.5. The number of rotatable bonds is 8. The smallest absolute Gasteiger partial charge is 0.317 e. The Kier molecular flexibility index (Phi) is 5.15. The van der Waals surface area contributed by atoms with Crippen molar-refractivity contribution >= 4 is 45.7 Å². The van der Waals surface area contributed by atoms with E-state index in [1.165, 1.54) is 0 Å². The fourth-order valence-corrected chi connectivity index (χ4v) is 25.4. The SMILES string of the molecule is C[Si](C)(C)O[Si](C)(C)O[Si](C)(C)O[Si](C)(C)C1C2C(C3CC(=O)OC3=O)C21. The molecule has 3 unspecified atom stereocenters. The molecule has 1 aliphatic heterocycles. The maximum absolute atomic E-state index is 11.8. The van der Waals surface area contributed by atoms with Gasteiger partial charge in [-0.1, -0.05) is 0 Å². The Balaban J connectivity index is 1.55. The van der Waals surface area contributed by atoms with E-state index in [0.717, 1.165) is 0 Å². The molecule has 2 saturated carbocycles. The largest absolute Gasteiger partial charge is 0.437 e. The average molecular weight is 447 g/mol. The Bertz CT molecular complexity index is 646. The van der Waals surface area contributed by atoms with Crippen LogP contribution in [0.2, 0.25) is 64.5 Å². The number of fused-ring (bicyclic) bond motifs is 1. The lowest BCUT2D eigenvalue weighted by atomic mass is 9.95. The van der Waals surface area contributed by atoms with Crippen molar-refractivity contribution in [2.24, 2.45) is 23.7 Å². The summed E-state index contributed by atoms with van der Waals surface area (Å²) in [4.78, 5) is 23.1.